The maximum atomic E-state index is 14.6. The molecule has 0 bridgehead atoms. The number of aliphatic hydroxyl groups excluding tert-OH is 2. The summed E-state index contributed by atoms with van der Waals surface area (Å²) in [4.78, 5) is 20.6. The largest absolute Gasteiger partial charge is 0.408 e. The Morgan fingerprint density at radius 2 is 1.77 bits per heavy atom. The van der Waals surface area contributed by atoms with E-state index in [0.717, 1.165) is 54.6 Å². The highest BCUT2D eigenvalue weighted by Gasteiger charge is 2.33. The molecule has 0 saturated heterocycles. The fourth-order valence-electron chi connectivity index (χ4n) is 6.03. The van der Waals surface area contributed by atoms with Crippen LogP contribution in [0, 0.1) is 18.6 Å². The van der Waals surface area contributed by atoms with Crippen LogP contribution in [-0.4, -0.2) is 71.1 Å². The molecule has 1 unspecified atom stereocenters. The van der Waals surface area contributed by atoms with E-state index in [-0.39, 0.29) is 37.9 Å². The van der Waals surface area contributed by atoms with Gasteiger partial charge in [0.2, 0.25) is 9.68 Å². The molecule has 254 valence electrons. The topological polar surface area (TPSA) is 93.9 Å². The molecule has 1 aliphatic rings. The van der Waals surface area contributed by atoms with Crippen molar-refractivity contribution < 1.29 is 23.8 Å². The van der Waals surface area contributed by atoms with Crippen LogP contribution in [0.15, 0.2) is 65.1 Å². The standard InChI is InChI=1S/C36H42BrF2N5O3Si/c1-4-6-14-42(15-7-5-2)36(47)32-16-23(3)44(40-32)33-13-12-26(41-48-34-20-30(38)29(37)19-31(34)39)18-28(33)35(46)43-21-25-11-9-8-10-24(25)17-27(43)22-45/h8-13,16,18-20,27,35,41,45-46H,4-7,14-15,17,21-22H2,1-3H3/t27-,35?/m0/s1. The Kier molecular flexibility index (Phi) is 12.2. The van der Waals surface area contributed by atoms with Crippen molar-refractivity contribution in [2.45, 2.75) is 71.7 Å². The number of aromatic nitrogens is 2. The van der Waals surface area contributed by atoms with E-state index in [2.05, 4.69) is 34.8 Å². The zero-order chi connectivity index (χ0) is 34.4. The number of amides is 1. The zero-order valence-electron chi connectivity index (χ0n) is 27.5. The Bertz CT molecular complexity index is 1730. The van der Waals surface area contributed by atoms with Crippen LogP contribution in [0.2, 0.25) is 0 Å². The second kappa shape index (κ2) is 16.3. The Morgan fingerprint density at radius 1 is 1.06 bits per heavy atom. The minimum atomic E-state index is -1.16. The number of carbonyl (C=O) groups is 1. The van der Waals surface area contributed by atoms with Crippen LogP contribution >= 0.6 is 15.9 Å². The van der Waals surface area contributed by atoms with E-state index < -0.39 is 17.9 Å². The predicted octanol–water partition coefficient (Wildman–Crippen LogP) is 6.03. The van der Waals surface area contributed by atoms with Crippen molar-refractivity contribution in [2.75, 3.05) is 24.7 Å². The highest BCUT2D eigenvalue weighted by molar-refractivity contribution is 9.10. The molecule has 0 aliphatic carbocycles. The quantitative estimate of drug-likeness (QED) is 0.108. The van der Waals surface area contributed by atoms with E-state index in [1.54, 1.807) is 28.9 Å². The first-order valence-corrected chi connectivity index (χ1v) is 18.2. The number of fused-ring (bicyclic) bond motifs is 1. The van der Waals surface area contributed by atoms with Gasteiger partial charge >= 0.3 is 0 Å². The second-order valence-corrected chi connectivity index (χ2v) is 14.1. The summed E-state index contributed by atoms with van der Waals surface area (Å²) in [5, 5.41) is 27.4. The minimum Gasteiger partial charge on any atom is -0.408 e. The number of unbranched alkanes of at least 4 members (excludes halogenated alkanes) is 2. The molecule has 0 saturated carbocycles. The van der Waals surface area contributed by atoms with Gasteiger partial charge in [-0.25, -0.2) is 13.5 Å². The van der Waals surface area contributed by atoms with Crippen molar-refractivity contribution in [3.8, 4) is 5.69 Å². The van der Waals surface area contributed by atoms with Crippen LogP contribution in [0.25, 0.3) is 5.69 Å². The van der Waals surface area contributed by atoms with E-state index in [9.17, 15) is 23.8 Å². The first kappa shape index (κ1) is 35.9. The molecule has 1 aliphatic heterocycles. The molecule has 8 nitrogen and oxygen atoms in total. The molecule has 3 N–H and O–H groups in total. The van der Waals surface area contributed by atoms with Gasteiger partial charge in [-0.15, -0.1) is 0 Å². The summed E-state index contributed by atoms with van der Waals surface area (Å²) < 4.78 is 30.6. The molecule has 48 heavy (non-hydrogen) atoms. The van der Waals surface area contributed by atoms with Crippen molar-refractivity contribution in [1.82, 2.24) is 19.6 Å². The summed E-state index contributed by atoms with van der Waals surface area (Å²) in [6.45, 7) is 7.65. The molecule has 1 aromatic heterocycles. The van der Waals surface area contributed by atoms with Gasteiger partial charge in [0.05, 0.1) is 16.8 Å². The first-order chi connectivity index (χ1) is 23.1. The highest BCUT2D eigenvalue weighted by Crippen LogP contribution is 2.34. The highest BCUT2D eigenvalue weighted by atomic mass is 79.9. The first-order valence-electron chi connectivity index (χ1n) is 16.4. The van der Waals surface area contributed by atoms with Crippen molar-refractivity contribution in [2.24, 2.45) is 0 Å². The third-order valence-electron chi connectivity index (χ3n) is 8.76. The lowest BCUT2D eigenvalue weighted by atomic mass is 9.93. The number of nitrogens with one attached hydrogen (secondary N) is 1. The van der Waals surface area contributed by atoms with Gasteiger partial charge in [-0.2, -0.15) is 5.10 Å². The number of rotatable bonds is 14. The number of aliphatic hydroxyl groups is 2. The van der Waals surface area contributed by atoms with Crippen LogP contribution in [0.1, 0.15) is 78.6 Å². The lowest BCUT2D eigenvalue weighted by Crippen LogP contribution is -2.45. The van der Waals surface area contributed by atoms with Crippen molar-refractivity contribution in [3.63, 3.8) is 0 Å². The Morgan fingerprint density at radius 3 is 2.46 bits per heavy atom. The predicted molar refractivity (Wildman–Crippen MR) is 189 cm³/mol. The fourth-order valence-corrected chi connectivity index (χ4v) is 7.17. The van der Waals surface area contributed by atoms with Crippen LogP contribution in [0.4, 0.5) is 14.5 Å². The van der Waals surface area contributed by atoms with E-state index in [4.69, 9.17) is 5.10 Å². The Labute approximate surface area is 291 Å². The van der Waals surface area contributed by atoms with Gasteiger partial charge in [0.25, 0.3) is 5.91 Å². The lowest BCUT2D eigenvalue weighted by Gasteiger charge is -2.39. The Hall–Kier alpha value is -3.42. The third-order valence-corrected chi connectivity index (χ3v) is 10.4. The number of halogens is 3. The molecular formula is C36H42BrF2N5O3Si. The smallest absolute Gasteiger partial charge is 0.274 e. The fraction of sp³-hybridized carbons (Fsp3) is 0.389. The second-order valence-electron chi connectivity index (χ2n) is 12.2. The van der Waals surface area contributed by atoms with E-state index in [1.807, 2.05) is 41.0 Å². The van der Waals surface area contributed by atoms with Gasteiger partial charge in [0.1, 0.15) is 17.9 Å². The molecule has 2 atom stereocenters. The minimum absolute atomic E-state index is 0.0520. The number of carbonyl (C=O) groups excluding carboxylic acids is 1. The average molecular weight is 739 g/mol. The molecule has 5 rings (SSSR count). The van der Waals surface area contributed by atoms with Crippen LogP contribution < -0.4 is 10.2 Å². The molecule has 3 aromatic carbocycles. The van der Waals surface area contributed by atoms with Gasteiger partial charge in [-0.1, -0.05) is 51.0 Å². The number of hydrogen-bond donors (Lipinski definition) is 3. The molecule has 12 heteroatoms. The maximum Gasteiger partial charge on any atom is 0.274 e. The average Bonchev–Trinajstić information content (AvgIpc) is 3.49. The number of nitrogens with zero attached hydrogens (tertiary/aromatic N) is 4. The maximum absolute atomic E-state index is 14.6. The zero-order valence-corrected chi connectivity index (χ0v) is 30.1. The monoisotopic (exact) mass is 737 g/mol. The van der Waals surface area contributed by atoms with Crippen LogP contribution in [0.5, 0.6) is 0 Å². The molecule has 1 amide bonds. The Balaban J connectivity index is 1.52. The summed E-state index contributed by atoms with van der Waals surface area (Å²) >= 11 is 3.02. The van der Waals surface area contributed by atoms with Gasteiger partial charge in [-0.05, 0) is 94.8 Å². The number of anilines is 1. The molecule has 4 aromatic rings. The molecule has 0 fully saturated rings. The summed E-state index contributed by atoms with van der Waals surface area (Å²) in [6.07, 6.45) is 3.17. The number of aryl methyl sites for hydroxylation is 1. The van der Waals surface area contributed by atoms with Gasteiger partial charge in [0.15, 0.2) is 5.69 Å². The summed E-state index contributed by atoms with van der Waals surface area (Å²) in [7, 11) is -0.295. The summed E-state index contributed by atoms with van der Waals surface area (Å²) in [5.74, 6) is -1.23. The van der Waals surface area contributed by atoms with Crippen LogP contribution in [-0.2, 0) is 13.0 Å². The summed E-state index contributed by atoms with van der Waals surface area (Å²) in [6, 6.07) is 17.0. The van der Waals surface area contributed by atoms with E-state index in [0.29, 0.717) is 48.7 Å². The van der Waals surface area contributed by atoms with Gasteiger partial charge in [-0.3, -0.25) is 9.69 Å². The number of hydrogen-bond acceptors (Lipinski definition) is 6. The van der Waals surface area contributed by atoms with E-state index in [1.165, 1.54) is 0 Å². The molecule has 2 heterocycles. The summed E-state index contributed by atoms with van der Waals surface area (Å²) in [5.41, 5.74) is 4.88. The normalized spacial score (nSPS) is 15.3. The van der Waals surface area contributed by atoms with E-state index >= 15 is 0 Å². The molecular weight excluding hydrogens is 696 g/mol. The van der Waals surface area contributed by atoms with Crippen LogP contribution in [0.3, 0.4) is 0 Å². The van der Waals surface area contributed by atoms with Crippen molar-refractivity contribution in [3.05, 3.63) is 105 Å². The van der Waals surface area contributed by atoms with Crippen molar-refractivity contribution in [1.29, 1.82) is 0 Å². The van der Waals surface area contributed by atoms with Crippen molar-refractivity contribution >= 4 is 42.4 Å². The third kappa shape index (κ3) is 8.06. The molecule has 0 spiro atoms. The van der Waals surface area contributed by atoms with Gasteiger partial charge in [0, 0.05) is 42.6 Å². The SMILES string of the molecule is CCCCN(CCCC)C(=O)c1cc(C)n(-c2ccc(N[Si]c3cc(F)c(Br)cc3F)cc2C(O)N2Cc3ccccc3C[C@H]2CO)n1. The van der Waals surface area contributed by atoms with Gasteiger partial charge < -0.3 is 20.1 Å². The lowest BCUT2D eigenvalue weighted by molar-refractivity contribution is -0.0529. The molecule has 2 radical (unpaired) electrons. The number of benzene rings is 3.